The molecule has 0 unspecified atom stereocenters. The first-order chi connectivity index (χ1) is 10.1. The van der Waals surface area contributed by atoms with Gasteiger partial charge in [-0.05, 0) is 36.8 Å². The van der Waals surface area contributed by atoms with Crippen molar-refractivity contribution >= 4 is 33.2 Å². The minimum absolute atomic E-state index is 0.245. The fourth-order valence-corrected chi connectivity index (χ4v) is 2.37. The molecule has 2 rings (SSSR count). The van der Waals surface area contributed by atoms with Crippen molar-refractivity contribution in [2.75, 3.05) is 11.9 Å². The Morgan fingerprint density at radius 1 is 1.24 bits per heavy atom. The molecule has 0 saturated heterocycles. The van der Waals surface area contributed by atoms with Crippen LogP contribution in [0.5, 0.6) is 5.75 Å². The maximum atomic E-state index is 13.7. The Morgan fingerprint density at radius 2 is 2.05 bits per heavy atom. The van der Waals surface area contributed by atoms with Crippen LogP contribution in [0, 0.1) is 5.82 Å². The molecule has 0 bridgehead atoms. The van der Waals surface area contributed by atoms with Crippen LogP contribution in [-0.4, -0.2) is 6.61 Å². The molecular weight excluding hydrogens is 357 g/mol. The maximum Gasteiger partial charge on any atom is 0.138 e. The molecule has 0 heterocycles. The highest BCUT2D eigenvalue weighted by atomic mass is 79.9. The van der Waals surface area contributed by atoms with Crippen LogP contribution in [0.25, 0.3) is 0 Å². The molecule has 5 heteroatoms. The molecule has 0 aliphatic carbocycles. The lowest BCUT2D eigenvalue weighted by Gasteiger charge is -2.11. The lowest BCUT2D eigenvalue weighted by Crippen LogP contribution is -2.02. The highest BCUT2D eigenvalue weighted by Crippen LogP contribution is 2.28. The fourth-order valence-electron chi connectivity index (χ4n) is 1.80. The van der Waals surface area contributed by atoms with Crippen LogP contribution in [0.1, 0.15) is 18.9 Å². The second kappa shape index (κ2) is 7.66. The average molecular weight is 373 g/mol. The summed E-state index contributed by atoms with van der Waals surface area (Å²) < 4.78 is 20.0. The van der Waals surface area contributed by atoms with E-state index in [9.17, 15) is 4.39 Å². The van der Waals surface area contributed by atoms with Gasteiger partial charge in [-0.1, -0.05) is 40.5 Å². The van der Waals surface area contributed by atoms with Gasteiger partial charge in [-0.2, -0.15) is 0 Å². The molecule has 0 aromatic heterocycles. The number of hydrogen-bond donors (Lipinski definition) is 1. The monoisotopic (exact) mass is 371 g/mol. The van der Waals surface area contributed by atoms with Crippen molar-refractivity contribution in [1.29, 1.82) is 0 Å². The fraction of sp³-hybridized carbons (Fsp3) is 0.250. The van der Waals surface area contributed by atoms with Crippen molar-refractivity contribution in [3.63, 3.8) is 0 Å². The molecule has 0 radical (unpaired) electrons. The van der Waals surface area contributed by atoms with E-state index in [0.717, 1.165) is 16.6 Å². The van der Waals surface area contributed by atoms with Crippen LogP contribution in [0.2, 0.25) is 5.02 Å². The standard InChI is InChI=1S/C16H16BrClFNO/c1-2-7-21-16-6-5-13(9-14(16)18)20-10-11-3-4-12(17)8-15(11)19/h3-6,8-9,20H,2,7,10H2,1H3. The van der Waals surface area contributed by atoms with E-state index in [1.807, 2.05) is 25.1 Å². The third kappa shape index (κ3) is 4.61. The normalized spacial score (nSPS) is 10.5. The zero-order valence-electron chi connectivity index (χ0n) is 11.6. The van der Waals surface area contributed by atoms with Crippen LogP contribution in [0.3, 0.4) is 0 Å². The Balaban J connectivity index is 2.01. The second-order valence-corrected chi connectivity index (χ2v) is 5.91. The molecule has 0 aliphatic rings. The summed E-state index contributed by atoms with van der Waals surface area (Å²) in [6.45, 7) is 3.07. The van der Waals surface area contributed by atoms with Crippen LogP contribution in [-0.2, 0) is 6.54 Å². The minimum atomic E-state index is -0.245. The molecule has 0 aliphatic heterocycles. The summed E-state index contributed by atoms with van der Waals surface area (Å²) in [4.78, 5) is 0. The van der Waals surface area contributed by atoms with Crippen molar-refractivity contribution < 1.29 is 9.13 Å². The van der Waals surface area contributed by atoms with E-state index in [-0.39, 0.29) is 5.82 Å². The van der Waals surface area contributed by atoms with E-state index in [0.29, 0.717) is 29.5 Å². The third-order valence-electron chi connectivity index (χ3n) is 2.89. The summed E-state index contributed by atoms with van der Waals surface area (Å²) in [6.07, 6.45) is 0.930. The van der Waals surface area contributed by atoms with Crippen molar-refractivity contribution in [2.45, 2.75) is 19.9 Å². The van der Waals surface area contributed by atoms with E-state index in [1.54, 1.807) is 12.1 Å². The molecule has 0 saturated carbocycles. The van der Waals surface area contributed by atoms with E-state index in [1.165, 1.54) is 6.07 Å². The van der Waals surface area contributed by atoms with Crippen molar-refractivity contribution in [3.05, 3.63) is 57.3 Å². The van der Waals surface area contributed by atoms with Gasteiger partial charge in [0.2, 0.25) is 0 Å². The Bertz CT molecular complexity index is 621. The Morgan fingerprint density at radius 3 is 2.71 bits per heavy atom. The van der Waals surface area contributed by atoms with Crippen LogP contribution in [0.4, 0.5) is 10.1 Å². The van der Waals surface area contributed by atoms with Crippen molar-refractivity contribution in [3.8, 4) is 5.75 Å². The number of rotatable bonds is 6. The van der Waals surface area contributed by atoms with Gasteiger partial charge in [0.25, 0.3) is 0 Å². The zero-order valence-corrected chi connectivity index (χ0v) is 14.0. The van der Waals surface area contributed by atoms with Gasteiger partial charge in [0.15, 0.2) is 0 Å². The van der Waals surface area contributed by atoms with Gasteiger partial charge in [-0.25, -0.2) is 4.39 Å². The molecule has 0 spiro atoms. The molecule has 112 valence electrons. The molecule has 0 amide bonds. The van der Waals surface area contributed by atoms with Crippen molar-refractivity contribution in [1.82, 2.24) is 0 Å². The Labute approximate surface area is 137 Å². The predicted octanol–water partition coefficient (Wildman–Crippen LogP) is 5.64. The number of ether oxygens (including phenoxy) is 1. The van der Waals surface area contributed by atoms with Crippen LogP contribution < -0.4 is 10.1 Å². The van der Waals surface area contributed by atoms with Gasteiger partial charge in [0.05, 0.1) is 11.6 Å². The Hall–Kier alpha value is -1.26. The average Bonchev–Trinajstić information content (AvgIpc) is 2.45. The van der Waals surface area contributed by atoms with Crippen molar-refractivity contribution in [2.24, 2.45) is 0 Å². The number of hydrogen-bond acceptors (Lipinski definition) is 2. The van der Waals surface area contributed by atoms with E-state index in [4.69, 9.17) is 16.3 Å². The first kappa shape index (κ1) is 16.1. The quantitative estimate of drug-likeness (QED) is 0.708. The number of halogens is 3. The summed E-state index contributed by atoms with van der Waals surface area (Å²) in [5.41, 5.74) is 1.42. The first-order valence-electron chi connectivity index (χ1n) is 6.70. The first-order valence-corrected chi connectivity index (χ1v) is 7.87. The maximum absolute atomic E-state index is 13.7. The number of nitrogens with one attached hydrogen (secondary N) is 1. The smallest absolute Gasteiger partial charge is 0.138 e. The third-order valence-corrected chi connectivity index (χ3v) is 3.68. The van der Waals surface area contributed by atoms with E-state index in [2.05, 4.69) is 21.2 Å². The molecule has 2 aromatic carbocycles. The molecule has 2 aromatic rings. The molecule has 0 atom stereocenters. The topological polar surface area (TPSA) is 21.3 Å². The predicted molar refractivity (Wildman–Crippen MR) is 88.7 cm³/mol. The lowest BCUT2D eigenvalue weighted by atomic mass is 10.2. The largest absolute Gasteiger partial charge is 0.492 e. The van der Waals surface area contributed by atoms with Gasteiger partial charge in [0.1, 0.15) is 11.6 Å². The molecule has 21 heavy (non-hydrogen) atoms. The summed E-state index contributed by atoms with van der Waals surface area (Å²) in [6, 6.07) is 10.5. The molecule has 2 nitrogen and oxygen atoms in total. The molecule has 1 N–H and O–H groups in total. The van der Waals surface area contributed by atoms with E-state index >= 15 is 0 Å². The summed E-state index contributed by atoms with van der Waals surface area (Å²) in [5, 5.41) is 3.70. The van der Waals surface area contributed by atoms with Crippen LogP contribution in [0.15, 0.2) is 40.9 Å². The number of anilines is 1. The molecule has 0 fully saturated rings. The van der Waals surface area contributed by atoms with Crippen LogP contribution >= 0.6 is 27.5 Å². The SMILES string of the molecule is CCCOc1ccc(NCc2ccc(Br)cc2F)cc1Cl. The summed E-state index contributed by atoms with van der Waals surface area (Å²) in [7, 11) is 0. The molecular formula is C16H16BrClFNO. The van der Waals surface area contributed by atoms with Gasteiger partial charge in [0, 0.05) is 22.3 Å². The summed E-state index contributed by atoms with van der Waals surface area (Å²) in [5.74, 6) is 0.421. The minimum Gasteiger partial charge on any atom is -0.492 e. The Kier molecular flexibility index (Phi) is 5.88. The highest BCUT2D eigenvalue weighted by Gasteiger charge is 2.05. The zero-order chi connectivity index (χ0) is 15.2. The van der Waals surface area contributed by atoms with Gasteiger partial charge < -0.3 is 10.1 Å². The number of benzene rings is 2. The highest BCUT2D eigenvalue weighted by molar-refractivity contribution is 9.10. The summed E-state index contributed by atoms with van der Waals surface area (Å²) >= 11 is 9.39. The van der Waals surface area contributed by atoms with E-state index < -0.39 is 0 Å². The van der Waals surface area contributed by atoms with Gasteiger partial charge >= 0.3 is 0 Å². The lowest BCUT2D eigenvalue weighted by molar-refractivity contribution is 0.317. The van der Waals surface area contributed by atoms with Gasteiger partial charge in [-0.15, -0.1) is 0 Å². The van der Waals surface area contributed by atoms with Gasteiger partial charge in [-0.3, -0.25) is 0 Å². The second-order valence-electron chi connectivity index (χ2n) is 4.58.